The number of benzene rings is 1. The van der Waals surface area contributed by atoms with Gasteiger partial charge in [-0.1, -0.05) is 18.5 Å². The van der Waals surface area contributed by atoms with Gasteiger partial charge in [-0.05, 0) is 37.2 Å². The summed E-state index contributed by atoms with van der Waals surface area (Å²) in [6.07, 6.45) is -1.98. The summed E-state index contributed by atoms with van der Waals surface area (Å²) >= 11 is 5.66. The van der Waals surface area contributed by atoms with Crippen LogP contribution in [0.1, 0.15) is 24.6 Å². The van der Waals surface area contributed by atoms with Crippen molar-refractivity contribution in [2.24, 2.45) is 0 Å². The number of hydrogen-bond acceptors (Lipinski definition) is 2. The van der Waals surface area contributed by atoms with Gasteiger partial charge in [-0.15, -0.1) is 0 Å². The summed E-state index contributed by atoms with van der Waals surface area (Å²) in [5.74, 6) is 0. The monoisotopic (exact) mass is 317 g/mol. The van der Waals surface area contributed by atoms with Gasteiger partial charge in [-0.2, -0.15) is 18.3 Å². The molecule has 3 nitrogen and oxygen atoms in total. The third-order valence-electron chi connectivity index (χ3n) is 2.89. The molecule has 1 aromatic carbocycles. The van der Waals surface area contributed by atoms with E-state index in [4.69, 9.17) is 11.6 Å². The first-order valence-corrected chi connectivity index (χ1v) is 6.92. The Bertz CT molecular complexity index is 608. The Balaban J connectivity index is 2.30. The van der Waals surface area contributed by atoms with Gasteiger partial charge in [0.05, 0.1) is 16.9 Å². The Morgan fingerprint density at radius 2 is 2.05 bits per heavy atom. The first kappa shape index (κ1) is 15.9. The van der Waals surface area contributed by atoms with Gasteiger partial charge in [-0.3, -0.25) is 0 Å². The van der Waals surface area contributed by atoms with Crippen LogP contribution >= 0.6 is 11.6 Å². The topological polar surface area (TPSA) is 29.9 Å². The number of hydrogen-bond donors (Lipinski definition) is 1. The maximum Gasteiger partial charge on any atom is 0.418 e. The van der Waals surface area contributed by atoms with Crippen molar-refractivity contribution in [3.63, 3.8) is 0 Å². The molecule has 1 aromatic heterocycles. The lowest BCUT2D eigenvalue weighted by molar-refractivity contribution is -0.137. The largest absolute Gasteiger partial charge is 0.418 e. The summed E-state index contributed by atoms with van der Waals surface area (Å²) in [7, 11) is 0. The predicted molar refractivity (Wildman–Crippen MR) is 75.6 cm³/mol. The standard InChI is InChI=1S/C14H15ClF3N3/c1-2-6-19-9-11-5-7-21(20-11)13-4-3-10(15)8-12(13)14(16,17)18/h3-5,7-8,19H,2,6,9H2,1H3. The van der Waals surface area contributed by atoms with E-state index < -0.39 is 11.7 Å². The van der Waals surface area contributed by atoms with Gasteiger partial charge in [0, 0.05) is 17.8 Å². The fourth-order valence-corrected chi connectivity index (χ4v) is 2.09. The van der Waals surface area contributed by atoms with Crippen molar-refractivity contribution >= 4 is 11.6 Å². The van der Waals surface area contributed by atoms with Crippen LogP contribution in [0.5, 0.6) is 0 Å². The molecule has 0 aliphatic rings. The summed E-state index contributed by atoms with van der Waals surface area (Å²) in [6.45, 7) is 3.40. The number of nitrogens with zero attached hydrogens (tertiary/aromatic N) is 2. The number of alkyl halides is 3. The SMILES string of the molecule is CCCNCc1ccn(-c2ccc(Cl)cc2C(F)(F)F)n1. The molecular weight excluding hydrogens is 303 g/mol. The zero-order valence-electron chi connectivity index (χ0n) is 11.4. The molecule has 0 amide bonds. The van der Waals surface area contributed by atoms with Crippen molar-refractivity contribution in [2.75, 3.05) is 6.54 Å². The van der Waals surface area contributed by atoms with Crippen LogP contribution in [-0.2, 0) is 12.7 Å². The Labute approximate surface area is 125 Å². The molecule has 0 atom stereocenters. The smallest absolute Gasteiger partial charge is 0.311 e. The van der Waals surface area contributed by atoms with Crippen LogP contribution in [0, 0.1) is 0 Å². The predicted octanol–water partition coefficient (Wildman–Crippen LogP) is 4.04. The minimum absolute atomic E-state index is 0.0337. The van der Waals surface area contributed by atoms with Gasteiger partial charge in [0.2, 0.25) is 0 Å². The average molecular weight is 318 g/mol. The highest BCUT2D eigenvalue weighted by Crippen LogP contribution is 2.35. The van der Waals surface area contributed by atoms with E-state index in [1.165, 1.54) is 23.0 Å². The van der Waals surface area contributed by atoms with E-state index in [9.17, 15) is 13.2 Å². The summed E-state index contributed by atoms with van der Waals surface area (Å²) in [6, 6.07) is 5.34. The number of rotatable bonds is 5. The molecule has 114 valence electrons. The molecule has 0 aliphatic heterocycles. The molecule has 0 spiro atoms. The zero-order chi connectivity index (χ0) is 15.5. The van der Waals surface area contributed by atoms with Crippen molar-refractivity contribution in [2.45, 2.75) is 26.1 Å². The molecule has 7 heteroatoms. The second-order valence-electron chi connectivity index (χ2n) is 4.59. The van der Waals surface area contributed by atoms with Crippen molar-refractivity contribution in [1.82, 2.24) is 15.1 Å². The highest BCUT2D eigenvalue weighted by molar-refractivity contribution is 6.30. The van der Waals surface area contributed by atoms with Crippen LogP contribution in [0.4, 0.5) is 13.2 Å². The van der Waals surface area contributed by atoms with Crippen molar-refractivity contribution < 1.29 is 13.2 Å². The zero-order valence-corrected chi connectivity index (χ0v) is 12.2. The van der Waals surface area contributed by atoms with E-state index in [2.05, 4.69) is 10.4 Å². The van der Waals surface area contributed by atoms with Gasteiger partial charge in [0.15, 0.2) is 0 Å². The molecule has 1 N–H and O–H groups in total. The maximum atomic E-state index is 13.1. The van der Waals surface area contributed by atoms with Crippen LogP contribution in [0.2, 0.25) is 5.02 Å². The molecule has 0 saturated carbocycles. The number of aromatic nitrogens is 2. The fourth-order valence-electron chi connectivity index (χ4n) is 1.92. The molecule has 0 saturated heterocycles. The van der Waals surface area contributed by atoms with Gasteiger partial charge >= 0.3 is 6.18 Å². The van der Waals surface area contributed by atoms with Crippen molar-refractivity contribution in [1.29, 1.82) is 0 Å². The van der Waals surface area contributed by atoms with Gasteiger partial charge < -0.3 is 5.32 Å². The summed E-state index contributed by atoms with van der Waals surface area (Å²) in [4.78, 5) is 0. The van der Waals surface area contributed by atoms with Crippen LogP contribution < -0.4 is 5.32 Å². The molecule has 21 heavy (non-hydrogen) atoms. The molecule has 0 unspecified atom stereocenters. The van der Waals surface area contributed by atoms with Crippen LogP contribution in [0.3, 0.4) is 0 Å². The first-order valence-electron chi connectivity index (χ1n) is 6.54. The van der Waals surface area contributed by atoms with E-state index in [1.54, 1.807) is 6.07 Å². The van der Waals surface area contributed by atoms with Crippen LogP contribution in [0.25, 0.3) is 5.69 Å². The molecule has 1 heterocycles. The highest BCUT2D eigenvalue weighted by atomic mass is 35.5. The van der Waals surface area contributed by atoms with E-state index in [0.717, 1.165) is 19.0 Å². The molecule has 0 bridgehead atoms. The Kier molecular flexibility index (Phi) is 4.90. The lowest BCUT2D eigenvalue weighted by atomic mass is 10.1. The van der Waals surface area contributed by atoms with Gasteiger partial charge in [-0.25, -0.2) is 4.68 Å². The Morgan fingerprint density at radius 3 is 2.71 bits per heavy atom. The quantitative estimate of drug-likeness (QED) is 0.843. The maximum absolute atomic E-state index is 13.1. The van der Waals surface area contributed by atoms with Crippen molar-refractivity contribution in [3.8, 4) is 5.69 Å². The van der Waals surface area contributed by atoms with Crippen LogP contribution in [0.15, 0.2) is 30.5 Å². The van der Waals surface area contributed by atoms with Gasteiger partial charge in [0.25, 0.3) is 0 Å². The Hall–Kier alpha value is -1.53. The number of nitrogens with one attached hydrogen (secondary N) is 1. The van der Waals surface area contributed by atoms with E-state index in [0.29, 0.717) is 12.2 Å². The molecule has 0 radical (unpaired) electrons. The summed E-state index contributed by atoms with van der Waals surface area (Å²) < 4.78 is 40.4. The molecular formula is C14H15ClF3N3. The number of halogens is 4. The summed E-state index contributed by atoms with van der Waals surface area (Å²) in [5.41, 5.74) is -0.147. The molecule has 0 fully saturated rings. The highest BCUT2D eigenvalue weighted by Gasteiger charge is 2.34. The average Bonchev–Trinajstić information content (AvgIpc) is 2.87. The van der Waals surface area contributed by atoms with E-state index in [-0.39, 0.29) is 10.7 Å². The van der Waals surface area contributed by atoms with E-state index in [1.807, 2.05) is 6.92 Å². The fraction of sp³-hybridized carbons (Fsp3) is 0.357. The minimum atomic E-state index is -4.48. The second-order valence-corrected chi connectivity index (χ2v) is 5.02. The lowest BCUT2D eigenvalue weighted by Gasteiger charge is -2.13. The van der Waals surface area contributed by atoms with Crippen LogP contribution in [-0.4, -0.2) is 16.3 Å². The lowest BCUT2D eigenvalue weighted by Crippen LogP contribution is -2.15. The Morgan fingerprint density at radius 1 is 1.29 bits per heavy atom. The molecule has 0 aliphatic carbocycles. The third kappa shape index (κ3) is 3.98. The third-order valence-corrected chi connectivity index (χ3v) is 3.12. The normalized spacial score (nSPS) is 11.9. The summed E-state index contributed by atoms with van der Waals surface area (Å²) in [5, 5.41) is 7.36. The van der Waals surface area contributed by atoms with Gasteiger partial charge in [0.1, 0.15) is 0 Å². The second kappa shape index (κ2) is 6.49. The molecule has 2 aromatic rings. The molecule has 2 rings (SSSR count). The van der Waals surface area contributed by atoms with Crippen molar-refractivity contribution in [3.05, 3.63) is 46.7 Å². The first-order chi connectivity index (χ1) is 9.91. The minimum Gasteiger partial charge on any atom is -0.311 e. The van der Waals surface area contributed by atoms with E-state index >= 15 is 0 Å².